The van der Waals surface area contributed by atoms with Gasteiger partial charge in [-0.15, -0.1) is 0 Å². The normalized spacial score (nSPS) is 22.5. The summed E-state index contributed by atoms with van der Waals surface area (Å²) in [6.45, 7) is 2.09. The van der Waals surface area contributed by atoms with Crippen LogP contribution in [0.3, 0.4) is 0 Å². The molecule has 2 amide bonds. The van der Waals surface area contributed by atoms with Gasteiger partial charge in [0.15, 0.2) is 18.2 Å². The van der Waals surface area contributed by atoms with E-state index in [4.69, 9.17) is 9.47 Å². The van der Waals surface area contributed by atoms with Crippen molar-refractivity contribution in [2.24, 2.45) is 5.92 Å². The van der Waals surface area contributed by atoms with E-state index in [1.165, 1.54) is 24.2 Å². The average Bonchev–Trinajstić information content (AvgIpc) is 3.12. The van der Waals surface area contributed by atoms with Gasteiger partial charge in [0, 0.05) is 25.9 Å². The van der Waals surface area contributed by atoms with Gasteiger partial charge in [-0.1, -0.05) is 6.42 Å². The van der Waals surface area contributed by atoms with Crippen LogP contribution in [0.15, 0.2) is 18.3 Å². The molecule has 0 spiro atoms. The van der Waals surface area contributed by atoms with E-state index in [1.807, 2.05) is 4.90 Å². The van der Waals surface area contributed by atoms with Crippen LogP contribution < -0.4 is 9.64 Å². The van der Waals surface area contributed by atoms with Crippen LogP contribution in [0.25, 0.3) is 0 Å². The number of amides is 2. The second-order valence-electron chi connectivity index (χ2n) is 7.32. The van der Waals surface area contributed by atoms with Gasteiger partial charge in [-0.25, -0.2) is 4.98 Å². The van der Waals surface area contributed by atoms with Crippen LogP contribution >= 0.6 is 0 Å². The molecule has 26 heavy (non-hydrogen) atoms. The molecule has 0 N–H and O–H groups in total. The number of nitrogens with zero attached hydrogens (tertiary/aromatic N) is 3. The third-order valence-corrected chi connectivity index (χ3v) is 5.46. The van der Waals surface area contributed by atoms with E-state index in [1.54, 1.807) is 18.3 Å². The summed E-state index contributed by atoms with van der Waals surface area (Å²) in [5.74, 6) is 1.28. The van der Waals surface area contributed by atoms with E-state index in [0.717, 1.165) is 26.0 Å². The molecule has 7 nitrogen and oxygen atoms in total. The highest BCUT2D eigenvalue weighted by molar-refractivity contribution is 6.01. The van der Waals surface area contributed by atoms with Crippen LogP contribution in [-0.2, 0) is 14.3 Å². The first-order chi connectivity index (χ1) is 12.7. The summed E-state index contributed by atoms with van der Waals surface area (Å²) in [7, 11) is 0. The maximum atomic E-state index is 13.0. The number of carbonyl (C=O) groups excluding carboxylic acids is 2. The maximum absolute atomic E-state index is 13.0. The highest BCUT2D eigenvalue weighted by Gasteiger charge is 2.32. The van der Waals surface area contributed by atoms with E-state index in [0.29, 0.717) is 24.0 Å². The molecule has 1 unspecified atom stereocenters. The van der Waals surface area contributed by atoms with Gasteiger partial charge in [0.1, 0.15) is 6.54 Å². The van der Waals surface area contributed by atoms with Crippen molar-refractivity contribution in [3.8, 4) is 5.75 Å². The number of fused-ring (bicyclic) bond motifs is 1. The van der Waals surface area contributed by atoms with Gasteiger partial charge in [-0.05, 0) is 43.7 Å². The lowest BCUT2D eigenvalue weighted by atomic mass is 9.85. The third kappa shape index (κ3) is 3.67. The van der Waals surface area contributed by atoms with E-state index < -0.39 is 0 Å². The Hall–Kier alpha value is -2.15. The largest absolute Gasteiger partial charge is 0.480 e. The Balaban J connectivity index is 1.47. The molecule has 4 rings (SSSR count). The Morgan fingerprint density at radius 3 is 2.88 bits per heavy atom. The smallest absolute Gasteiger partial charge is 0.266 e. The molecule has 3 aliphatic rings. The van der Waals surface area contributed by atoms with Crippen LogP contribution in [0.4, 0.5) is 5.82 Å². The number of carbonyl (C=O) groups is 2. The van der Waals surface area contributed by atoms with Gasteiger partial charge in [0.25, 0.3) is 5.91 Å². The van der Waals surface area contributed by atoms with Crippen LogP contribution in [0.2, 0.25) is 0 Å². The quantitative estimate of drug-likeness (QED) is 0.772. The Morgan fingerprint density at radius 2 is 2.15 bits per heavy atom. The molecule has 0 aromatic carbocycles. The second-order valence-corrected chi connectivity index (χ2v) is 7.32. The Kier molecular flexibility index (Phi) is 5.06. The fraction of sp³-hybridized carbons (Fsp3) is 0.632. The molecule has 3 heterocycles. The Bertz CT molecular complexity index is 671. The highest BCUT2D eigenvalue weighted by Crippen LogP contribution is 2.30. The first kappa shape index (κ1) is 17.3. The summed E-state index contributed by atoms with van der Waals surface area (Å²) < 4.78 is 11.1. The van der Waals surface area contributed by atoms with Crippen molar-refractivity contribution in [2.75, 3.05) is 37.7 Å². The topological polar surface area (TPSA) is 72.0 Å². The van der Waals surface area contributed by atoms with Crippen molar-refractivity contribution >= 4 is 17.6 Å². The molecule has 1 aliphatic carbocycles. The van der Waals surface area contributed by atoms with E-state index in [2.05, 4.69) is 4.98 Å². The molecule has 2 aliphatic heterocycles. The molecule has 0 bridgehead atoms. The van der Waals surface area contributed by atoms with Crippen molar-refractivity contribution in [2.45, 2.75) is 38.2 Å². The minimum Gasteiger partial charge on any atom is -0.480 e. The zero-order chi connectivity index (χ0) is 17.9. The minimum atomic E-state index is -0.231. The van der Waals surface area contributed by atoms with E-state index in [-0.39, 0.29) is 31.1 Å². The molecular formula is C19H25N3O4. The summed E-state index contributed by atoms with van der Waals surface area (Å²) in [6, 6.07) is 3.53. The maximum Gasteiger partial charge on any atom is 0.266 e. The van der Waals surface area contributed by atoms with Crippen molar-refractivity contribution in [1.29, 1.82) is 0 Å². The summed E-state index contributed by atoms with van der Waals surface area (Å²) in [5, 5.41) is 0. The first-order valence-corrected chi connectivity index (χ1v) is 9.48. The predicted octanol–water partition coefficient (Wildman–Crippen LogP) is 1.61. The molecule has 140 valence electrons. The predicted molar refractivity (Wildman–Crippen MR) is 95.0 cm³/mol. The van der Waals surface area contributed by atoms with Crippen molar-refractivity contribution < 1.29 is 19.1 Å². The zero-order valence-electron chi connectivity index (χ0n) is 14.9. The van der Waals surface area contributed by atoms with Gasteiger partial charge >= 0.3 is 0 Å². The van der Waals surface area contributed by atoms with Crippen LogP contribution in [-0.4, -0.2) is 60.7 Å². The number of aromatic nitrogens is 1. The van der Waals surface area contributed by atoms with Gasteiger partial charge in [0.2, 0.25) is 5.91 Å². The first-order valence-electron chi connectivity index (χ1n) is 9.48. The fourth-order valence-corrected chi connectivity index (χ4v) is 3.73. The molecule has 1 aromatic rings. The second kappa shape index (κ2) is 7.61. The van der Waals surface area contributed by atoms with Gasteiger partial charge in [-0.3, -0.25) is 14.5 Å². The molecular weight excluding hydrogens is 334 g/mol. The van der Waals surface area contributed by atoms with E-state index >= 15 is 0 Å². The number of pyridine rings is 1. The van der Waals surface area contributed by atoms with Gasteiger partial charge in [0.05, 0.1) is 6.10 Å². The van der Waals surface area contributed by atoms with Crippen LogP contribution in [0, 0.1) is 5.92 Å². The molecule has 0 radical (unpaired) electrons. The average molecular weight is 359 g/mol. The highest BCUT2D eigenvalue weighted by atomic mass is 16.5. The SMILES string of the molecule is O=C(CN1C(=O)COc2cccnc21)N(CC1CCC1)CC1CCCO1. The number of ether oxygens (including phenoxy) is 2. The monoisotopic (exact) mass is 359 g/mol. The number of anilines is 1. The number of hydrogen-bond acceptors (Lipinski definition) is 5. The van der Waals surface area contributed by atoms with Crippen LogP contribution in [0.5, 0.6) is 5.75 Å². The lowest BCUT2D eigenvalue weighted by Crippen LogP contribution is -2.49. The number of rotatable bonds is 6. The minimum absolute atomic E-state index is 0.00560. The van der Waals surface area contributed by atoms with E-state index in [9.17, 15) is 9.59 Å². The Morgan fingerprint density at radius 1 is 1.27 bits per heavy atom. The van der Waals surface area contributed by atoms with Gasteiger partial charge in [-0.2, -0.15) is 0 Å². The molecule has 1 aromatic heterocycles. The standard InChI is InChI=1S/C19H25N3O4/c23-17(12-22-18(24)13-26-16-7-2-8-20-19(16)22)21(10-14-4-1-5-14)11-15-6-3-9-25-15/h2,7-8,14-15H,1,3-6,9-13H2. The Labute approximate surface area is 153 Å². The third-order valence-electron chi connectivity index (χ3n) is 5.46. The molecule has 1 saturated heterocycles. The number of hydrogen-bond donors (Lipinski definition) is 0. The molecule has 2 fully saturated rings. The molecule has 1 atom stereocenters. The lowest BCUT2D eigenvalue weighted by Gasteiger charge is -2.35. The molecule has 1 saturated carbocycles. The lowest BCUT2D eigenvalue weighted by molar-refractivity contribution is -0.134. The summed E-state index contributed by atoms with van der Waals surface area (Å²) in [5.41, 5.74) is 0. The van der Waals surface area contributed by atoms with Gasteiger partial charge < -0.3 is 14.4 Å². The zero-order valence-corrected chi connectivity index (χ0v) is 14.9. The van der Waals surface area contributed by atoms with Crippen molar-refractivity contribution in [3.05, 3.63) is 18.3 Å². The summed E-state index contributed by atoms with van der Waals surface area (Å²) in [6.07, 6.45) is 7.37. The van der Waals surface area contributed by atoms with Crippen molar-refractivity contribution in [1.82, 2.24) is 9.88 Å². The molecule has 7 heteroatoms. The van der Waals surface area contributed by atoms with Crippen LogP contribution in [0.1, 0.15) is 32.1 Å². The fourth-order valence-electron chi connectivity index (χ4n) is 3.73. The van der Waals surface area contributed by atoms with Crippen molar-refractivity contribution in [3.63, 3.8) is 0 Å². The summed E-state index contributed by atoms with van der Waals surface area (Å²) >= 11 is 0. The summed E-state index contributed by atoms with van der Waals surface area (Å²) in [4.78, 5) is 32.9.